The SMILES string of the molecule is C[C@H](NC(=O)CN1C[C@H](C(N)=O)Oc2ccccc21)c1cccs1. The van der Waals surface area contributed by atoms with Gasteiger partial charge in [-0.2, -0.15) is 0 Å². The topological polar surface area (TPSA) is 84.7 Å². The monoisotopic (exact) mass is 345 g/mol. The van der Waals surface area contributed by atoms with Crippen molar-refractivity contribution in [3.8, 4) is 5.75 Å². The highest BCUT2D eigenvalue weighted by Gasteiger charge is 2.30. The average molecular weight is 345 g/mol. The van der Waals surface area contributed by atoms with Crippen LogP contribution in [0.4, 0.5) is 5.69 Å². The first kappa shape index (κ1) is 16.3. The van der Waals surface area contributed by atoms with Crippen molar-refractivity contribution in [3.05, 3.63) is 46.7 Å². The van der Waals surface area contributed by atoms with Gasteiger partial charge in [0.2, 0.25) is 5.91 Å². The van der Waals surface area contributed by atoms with Crippen molar-refractivity contribution >= 4 is 28.8 Å². The third-order valence-corrected chi connectivity index (χ3v) is 4.92. The second kappa shape index (κ2) is 6.92. The van der Waals surface area contributed by atoms with Gasteiger partial charge in [-0.1, -0.05) is 18.2 Å². The lowest BCUT2D eigenvalue weighted by Crippen LogP contribution is -2.50. The van der Waals surface area contributed by atoms with Gasteiger partial charge >= 0.3 is 0 Å². The van der Waals surface area contributed by atoms with E-state index in [1.54, 1.807) is 17.4 Å². The maximum absolute atomic E-state index is 12.4. The molecule has 0 spiro atoms. The maximum atomic E-state index is 12.4. The minimum absolute atomic E-state index is 0.0549. The molecule has 6 nitrogen and oxygen atoms in total. The summed E-state index contributed by atoms with van der Waals surface area (Å²) in [6.45, 7) is 2.34. The van der Waals surface area contributed by atoms with E-state index in [4.69, 9.17) is 10.5 Å². The lowest BCUT2D eigenvalue weighted by molar-refractivity contribution is -0.125. The van der Waals surface area contributed by atoms with Gasteiger partial charge < -0.3 is 20.7 Å². The number of hydrogen-bond donors (Lipinski definition) is 2. The van der Waals surface area contributed by atoms with Crippen LogP contribution in [0.2, 0.25) is 0 Å². The molecule has 0 unspecified atom stereocenters. The number of para-hydroxylation sites is 2. The summed E-state index contributed by atoms with van der Waals surface area (Å²) in [6.07, 6.45) is -0.762. The summed E-state index contributed by atoms with van der Waals surface area (Å²) in [5.74, 6) is -0.0932. The third kappa shape index (κ3) is 3.51. The van der Waals surface area contributed by atoms with E-state index in [0.29, 0.717) is 5.75 Å². The zero-order valence-corrected chi connectivity index (χ0v) is 14.1. The number of amides is 2. The maximum Gasteiger partial charge on any atom is 0.260 e. The molecule has 0 saturated carbocycles. The van der Waals surface area contributed by atoms with Crippen LogP contribution >= 0.6 is 11.3 Å². The Balaban J connectivity index is 1.71. The minimum Gasteiger partial charge on any atom is -0.477 e. The Hall–Kier alpha value is -2.54. The fourth-order valence-electron chi connectivity index (χ4n) is 2.67. The molecule has 126 valence electrons. The number of hydrogen-bond acceptors (Lipinski definition) is 5. The first-order valence-electron chi connectivity index (χ1n) is 7.67. The van der Waals surface area contributed by atoms with E-state index in [-0.39, 0.29) is 25.0 Å². The third-order valence-electron chi connectivity index (χ3n) is 3.86. The molecule has 2 atom stereocenters. The Morgan fingerprint density at radius 2 is 2.17 bits per heavy atom. The van der Waals surface area contributed by atoms with Crippen molar-refractivity contribution in [3.63, 3.8) is 0 Å². The van der Waals surface area contributed by atoms with E-state index in [1.807, 2.05) is 47.5 Å². The highest BCUT2D eigenvalue weighted by molar-refractivity contribution is 7.10. The molecule has 0 fully saturated rings. The lowest BCUT2D eigenvalue weighted by atomic mass is 10.1. The van der Waals surface area contributed by atoms with Gasteiger partial charge in [-0.05, 0) is 30.5 Å². The minimum atomic E-state index is -0.762. The van der Waals surface area contributed by atoms with Gasteiger partial charge in [0, 0.05) is 4.88 Å². The number of ether oxygens (including phenoxy) is 1. The van der Waals surface area contributed by atoms with Crippen LogP contribution in [0.25, 0.3) is 0 Å². The number of thiophene rings is 1. The molecule has 0 saturated heterocycles. The van der Waals surface area contributed by atoms with Crippen LogP contribution in [0.3, 0.4) is 0 Å². The molecule has 1 aromatic heterocycles. The van der Waals surface area contributed by atoms with Crippen molar-refractivity contribution in [1.29, 1.82) is 0 Å². The fourth-order valence-corrected chi connectivity index (χ4v) is 3.41. The van der Waals surface area contributed by atoms with Gasteiger partial charge in [-0.25, -0.2) is 0 Å². The molecule has 2 amide bonds. The van der Waals surface area contributed by atoms with Crippen molar-refractivity contribution < 1.29 is 14.3 Å². The molecule has 3 N–H and O–H groups in total. The molecule has 24 heavy (non-hydrogen) atoms. The van der Waals surface area contributed by atoms with Crippen LogP contribution in [0.15, 0.2) is 41.8 Å². The molecule has 0 aliphatic carbocycles. The van der Waals surface area contributed by atoms with E-state index in [0.717, 1.165) is 10.6 Å². The number of benzene rings is 1. The Bertz CT molecular complexity index is 732. The van der Waals surface area contributed by atoms with Gasteiger partial charge in [0.25, 0.3) is 5.91 Å². The molecule has 0 radical (unpaired) electrons. The lowest BCUT2D eigenvalue weighted by Gasteiger charge is -2.34. The number of primary amides is 1. The average Bonchev–Trinajstić information content (AvgIpc) is 3.09. The van der Waals surface area contributed by atoms with Gasteiger partial charge in [-0.3, -0.25) is 9.59 Å². The quantitative estimate of drug-likeness (QED) is 0.863. The summed E-state index contributed by atoms with van der Waals surface area (Å²) in [6, 6.07) is 11.2. The molecule has 2 aromatic rings. The van der Waals surface area contributed by atoms with Crippen molar-refractivity contribution in [2.24, 2.45) is 5.73 Å². The fraction of sp³-hybridized carbons (Fsp3) is 0.294. The largest absolute Gasteiger partial charge is 0.477 e. The summed E-state index contributed by atoms with van der Waals surface area (Å²) in [5, 5.41) is 4.96. The van der Waals surface area contributed by atoms with Crippen LogP contribution in [0, 0.1) is 0 Å². The molecule has 7 heteroatoms. The van der Waals surface area contributed by atoms with Crippen LogP contribution in [-0.2, 0) is 9.59 Å². The zero-order valence-electron chi connectivity index (χ0n) is 13.3. The smallest absolute Gasteiger partial charge is 0.260 e. The number of rotatable bonds is 5. The second-order valence-corrected chi connectivity index (χ2v) is 6.64. The number of carbonyl (C=O) groups is 2. The van der Waals surface area contributed by atoms with Gasteiger partial charge in [0.15, 0.2) is 6.10 Å². The zero-order chi connectivity index (χ0) is 17.1. The number of anilines is 1. The van der Waals surface area contributed by atoms with Crippen LogP contribution in [0.5, 0.6) is 5.75 Å². The highest BCUT2D eigenvalue weighted by Crippen LogP contribution is 2.32. The number of nitrogens with one attached hydrogen (secondary N) is 1. The van der Waals surface area contributed by atoms with Crippen molar-refractivity contribution in [2.45, 2.75) is 19.1 Å². The molecule has 2 heterocycles. The van der Waals surface area contributed by atoms with Crippen molar-refractivity contribution in [2.75, 3.05) is 18.0 Å². The first-order valence-corrected chi connectivity index (χ1v) is 8.55. The van der Waals surface area contributed by atoms with E-state index in [1.165, 1.54) is 0 Å². The first-order chi connectivity index (χ1) is 11.5. The molecular formula is C17H19N3O3S. The van der Waals surface area contributed by atoms with Crippen LogP contribution in [0.1, 0.15) is 17.8 Å². The van der Waals surface area contributed by atoms with Crippen LogP contribution in [-0.4, -0.2) is 31.0 Å². The van der Waals surface area contributed by atoms with Gasteiger partial charge in [0.1, 0.15) is 5.75 Å². The van der Waals surface area contributed by atoms with E-state index >= 15 is 0 Å². The summed E-state index contributed by atoms with van der Waals surface area (Å²) in [5.41, 5.74) is 6.16. The molecule has 0 bridgehead atoms. The Labute approximate surface area is 144 Å². The normalized spacial score (nSPS) is 17.5. The highest BCUT2D eigenvalue weighted by atomic mass is 32.1. The second-order valence-electron chi connectivity index (χ2n) is 5.66. The Morgan fingerprint density at radius 1 is 1.38 bits per heavy atom. The summed E-state index contributed by atoms with van der Waals surface area (Å²) in [4.78, 5) is 26.8. The molecule has 1 aliphatic heterocycles. The Morgan fingerprint density at radius 3 is 2.88 bits per heavy atom. The summed E-state index contributed by atoms with van der Waals surface area (Å²) in [7, 11) is 0. The van der Waals surface area contributed by atoms with Crippen molar-refractivity contribution in [1.82, 2.24) is 5.32 Å². The predicted molar refractivity (Wildman–Crippen MR) is 93.1 cm³/mol. The molecular weight excluding hydrogens is 326 g/mol. The Kier molecular flexibility index (Phi) is 4.71. The standard InChI is InChI=1S/C17H19N3O3S/c1-11(15-7-4-8-24-15)19-16(21)10-20-9-14(17(18)22)23-13-6-3-2-5-12(13)20/h2-8,11,14H,9-10H2,1H3,(H2,18,22)(H,19,21)/t11-,14+/m0/s1. The number of nitrogens with two attached hydrogens (primary N) is 1. The summed E-state index contributed by atoms with van der Waals surface area (Å²) < 4.78 is 5.60. The van der Waals surface area contributed by atoms with E-state index in [2.05, 4.69) is 5.32 Å². The number of carbonyl (C=O) groups excluding carboxylic acids is 2. The number of nitrogens with zero attached hydrogens (tertiary/aromatic N) is 1. The number of fused-ring (bicyclic) bond motifs is 1. The molecule has 1 aromatic carbocycles. The molecule has 3 rings (SSSR count). The van der Waals surface area contributed by atoms with Crippen LogP contribution < -0.4 is 20.7 Å². The summed E-state index contributed by atoms with van der Waals surface area (Å²) >= 11 is 1.60. The van der Waals surface area contributed by atoms with Gasteiger partial charge in [0.05, 0.1) is 24.8 Å². The van der Waals surface area contributed by atoms with E-state index in [9.17, 15) is 9.59 Å². The van der Waals surface area contributed by atoms with E-state index < -0.39 is 12.0 Å². The van der Waals surface area contributed by atoms with Gasteiger partial charge in [-0.15, -0.1) is 11.3 Å². The predicted octanol–water partition coefficient (Wildman–Crippen LogP) is 1.68. The molecule has 1 aliphatic rings.